The van der Waals surface area contributed by atoms with E-state index in [0.717, 1.165) is 5.56 Å². The molecule has 1 aliphatic heterocycles. The topological polar surface area (TPSA) is 84.2 Å². The Morgan fingerprint density at radius 3 is 2.77 bits per heavy atom. The predicted octanol–water partition coefficient (Wildman–Crippen LogP) is 2.23. The Bertz CT molecular complexity index is 1350. The lowest BCUT2D eigenvalue weighted by Crippen LogP contribution is -2.26. The summed E-state index contributed by atoms with van der Waals surface area (Å²) in [4.78, 5) is 17.8. The van der Waals surface area contributed by atoms with Crippen LogP contribution in [0.1, 0.15) is 17.5 Å². The van der Waals surface area contributed by atoms with Crippen molar-refractivity contribution in [2.45, 2.75) is 6.10 Å². The van der Waals surface area contributed by atoms with Gasteiger partial charge in [-0.1, -0.05) is 23.5 Å². The number of hydrogen-bond donors (Lipinski definition) is 0. The summed E-state index contributed by atoms with van der Waals surface area (Å²) in [5.74, 6) is 3.02. The summed E-state index contributed by atoms with van der Waals surface area (Å²) < 4.78 is 24.1. The smallest absolute Gasteiger partial charge is 0.291 e. The fourth-order valence-corrected chi connectivity index (χ4v) is 4.12. The Hall–Kier alpha value is -3.59. The normalized spacial score (nSPS) is 16.1. The number of fused-ring (bicyclic) bond motifs is 2. The van der Waals surface area contributed by atoms with E-state index in [-0.39, 0.29) is 12.2 Å². The Morgan fingerprint density at radius 1 is 1.17 bits per heavy atom. The molecule has 0 bridgehead atoms. The van der Waals surface area contributed by atoms with Crippen LogP contribution in [0.25, 0.3) is 11.0 Å². The lowest BCUT2D eigenvalue weighted by atomic mass is 10.2. The molecule has 0 saturated carbocycles. The van der Waals surface area contributed by atoms with E-state index in [9.17, 15) is 4.79 Å². The molecule has 0 aliphatic carbocycles. The van der Waals surface area contributed by atoms with E-state index >= 15 is 0 Å². The molecule has 0 saturated heterocycles. The highest BCUT2D eigenvalue weighted by Crippen LogP contribution is 2.35. The summed E-state index contributed by atoms with van der Waals surface area (Å²) in [7, 11) is 3.16. The van der Waals surface area contributed by atoms with E-state index in [1.807, 2.05) is 36.4 Å². The van der Waals surface area contributed by atoms with Crippen molar-refractivity contribution in [3.05, 3.63) is 68.7 Å². The molecule has 152 valence electrons. The molecular formula is C21H17N3O5S. The number of rotatable bonds is 4. The van der Waals surface area contributed by atoms with E-state index in [2.05, 4.69) is 10.1 Å². The highest BCUT2D eigenvalue weighted by molar-refractivity contribution is 7.15. The van der Waals surface area contributed by atoms with Crippen LogP contribution in [0.15, 0.2) is 47.3 Å². The molecule has 8 nitrogen and oxygen atoms in total. The third kappa shape index (κ3) is 3.13. The third-order valence-corrected chi connectivity index (χ3v) is 5.68. The molecule has 4 aromatic rings. The van der Waals surface area contributed by atoms with Crippen molar-refractivity contribution in [3.63, 3.8) is 0 Å². The number of methoxy groups -OCH3 is 2. The average Bonchev–Trinajstić information content (AvgIpc) is 3.33. The van der Waals surface area contributed by atoms with Crippen LogP contribution in [0.5, 0.6) is 23.0 Å². The summed E-state index contributed by atoms with van der Waals surface area (Å²) >= 11 is 1.26. The van der Waals surface area contributed by atoms with Gasteiger partial charge in [-0.2, -0.15) is 9.50 Å². The molecule has 0 spiro atoms. The second-order valence-corrected chi connectivity index (χ2v) is 7.56. The van der Waals surface area contributed by atoms with Gasteiger partial charge in [0.15, 0.2) is 23.4 Å². The van der Waals surface area contributed by atoms with Gasteiger partial charge in [0, 0.05) is 11.6 Å². The minimum atomic E-state index is -0.472. The Kier molecular flexibility index (Phi) is 4.51. The van der Waals surface area contributed by atoms with Gasteiger partial charge >= 0.3 is 0 Å². The van der Waals surface area contributed by atoms with Crippen LogP contribution >= 0.6 is 11.3 Å². The summed E-state index contributed by atoms with van der Waals surface area (Å²) in [5, 5.41) is 4.37. The fourth-order valence-electron chi connectivity index (χ4n) is 3.21. The fraction of sp³-hybridized carbons (Fsp3) is 0.190. The van der Waals surface area contributed by atoms with Gasteiger partial charge in [0.25, 0.3) is 5.56 Å². The molecule has 30 heavy (non-hydrogen) atoms. The molecule has 1 aliphatic rings. The largest absolute Gasteiger partial charge is 0.497 e. The molecular weight excluding hydrogens is 406 g/mol. The maximum Gasteiger partial charge on any atom is 0.291 e. The van der Waals surface area contributed by atoms with E-state index in [1.54, 1.807) is 26.4 Å². The molecule has 2 aromatic heterocycles. The van der Waals surface area contributed by atoms with Gasteiger partial charge in [0.1, 0.15) is 18.1 Å². The summed E-state index contributed by atoms with van der Waals surface area (Å²) in [6.45, 7) is 0.283. The second kappa shape index (κ2) is 7.34. The number of aromatic nitrogens is 3. The molecule has 2 aromatic carbocycles. The first kappa shape index (κ1) is 18.4. The highest BCUT2D eigenvalue weighted by atomic mass is 32.1. The zero-order valence-electron chi connectivity index (χ0n) is 16.2. The zero-order chi connectivity index (χ0) is 20.7. The van der Waals surface area contributed by atoms with E-state index in [1.165, 1.54) is 15.9 Å². The standard InChI is InChI=1S/C21H17N3O5S/c1-26-13-8-7-12(16(10-13)27-2)9-18-20(25)24-21(30-18)22-19(23-24)17-11-28-14-5-3-4-6-15(14)29-17/h3-10,17H,11H2,1-2H3/b18-9-/t17-/m0/s1. The minimum Gasteiger partial charge on any atom is -0.497 e. The Morgan fingerprint density at radius 2 is 2.00 bits per heavy atom. The summed E-state index contributed by atoms with van der Waals surface area (Å²) in [6, 6.07) is 12.8. The highest BCUT2D eigenvalue weighted by Gasteiger charge is 2.27. The second-order valence-electron chi connectivity index (χ2n) is 6.55. The van der Waals surface area contributed by atoms with Gasteiger partial charge in [-0.3, -0.25) is 4.79 Å². The van der Waals surface area contributed by atoms with E-state index < -0.39 is 6.10 Å². The quantitative estimate of drug-likeness (QED) is 0.498. The van der Waals surface area contributed by atoms with Crippen molar-refractivity contribution in [1.82, 2.24) is 14.6 Å². The average molecular weight is 423 g/mol. The van der Waals surface area contributed by atoms with Gasteiger partial charge in [-0.05, 0) is 30.3 Å². The van der Waals surface area contributed by atoms with Crippen molar-refractivity contribution >= 4 is 22.4 Å². The predicted molar refractivity (Wildman–Crippen MR) is 111 cm³/mol. The van der Waals surface area contributed by atoms with Crippen molar-refractivity contribution in [3.8, 4) is 23.0 Å². The molecule has 0 unspecified atom stereocenters. The number of hydrogen-bond acceptors (Lipinski definition) is 8. The van der Waals surface area contributed by atoms with Crippen molar-refractivity contribution < 1.29 is 18.9 Å². The lowest BCUT2D eigenvalue weighted by Gasteiger charge is -2.24. The van der Waals surface area contributed by atoms with Crippen molar-refractivity contribution in [2.24, 2.45) is 0 Å². The number of benzene rings is 2. The summed E-state index contributed by atoms with van der Waals surface area (Å²) in [6.07, 6.45) is 1.29. The van der Waals surface area contributed by atoms with Gasteiger partial charge in [-0.15, -0.1) is 5.10 Å². The van der Waals surface area contributed by atoms with Gasteiger partial charge in [-0.25, -0.2) is 0 Å². The third-order valence-electron chi connectivity index (χ3n) is 4.72. The molecule has 0 N–H and O–H groups in total. The van der Waals surface area contributed by atoms with Crippen molar-refractivity contribution in [2.75, 3.05) is 20.8 Å². The van der Waals surface area contributed by atoms with Crippen LogP contribution in [-0.2, 0) is 0 Å². The molecule has 0 fully saturated rings. The van der Waals surface area contributed by atoms with Crippen LogP contribution in [-0.4, -0.2) is 35.4 Å². The van der Waals surface area contributed by atoms with Crippen molar-refractivity contribution in [1.29, 1.82) is 0 Å². The zero-order valence-corrected chi connectivity index (χ0v) is 17.0. The molecule has 1 atom stereocenters. The summed E-state index contributed by atoms with van der Waals surface area (Å²) in [5.41, 5.74) is 0.518. The van der Waals surface area contributed by atoms with E-state index in [0.29, 0.717) is 38.3 Å². The SMILES string of the molecule is COc1ccc(/C=c2\sc3nc([C@@H]4COc5ccccc5O4)nn3c2=O)c(OC)c1. The first-order valence-corrected chi connectivity index (χ1v) is 9.99. The maximum atomic E-state index is 12.9. The number of ether oxygens (including phenoxy) is 4. The van der Waals surface area contributed by atoms with Gasteiger partial charge < -0.3 is 18.9 Å². The van der Waals surface area contributed by atoms with Crippen LogP contribution in [0.2, 0.25) is 0 Å². The molecule has 0 radical (unpaired) electrons. The first-order chi connectivity index (χ1) is 14.7. The number of thiazole rings is 1. The lowest BCUT2D eigenvalue weighted by molar-refractivity contribution is 0.0852. The molecule has 9 heteroatoms. The molecule has 3 heterocycles. The maximum absolute atomic E-state index is 12.9. The number of para-hydroxylation sites is 2. The van der Waals surface area contributed by atoms with Crippen LogP contribution in [0.4, 0.5) is 0 Å². The number of nitrogens with zero attached hydrogens (tertiary/aromatic N) is 3. The first-order valence-electron chi connectivity index (χ1n) is 9.18. The molecule has 5 rings (SSSR count). The minimum absolute atomic E-state index is 0.247. The van der Waals surface area contributed by atoms with Crippen LogP contribution in [0.3, 0.4) is 0 Å². The molecule has 0 amide bonds. The van der Waals surface area contributed by atoms with Crippen LogP contribution in [0, 0.1) is 0 Å². The Balaban J connectivity index is 1.49. The monoisotopic (exact) mass is 423 g/mol. The van der Waals surface area contributed by atoms with Gasteiger partial charge in [0.05, 0.1) is 18.8 Å². The van der Waals surface area contributed by atoms with Crippen LogP contribution < -0.4 is 29.0 Å². The van der Waals surface area contributed by atoms with Gasteiger partial charge in [0.2, 0.25) is 4.96 Å². The Labute approximate surface area is 174 Å². The van der Waals surface area contributed by atoms with E-state index in [4.69, 9.17) is 18.9 Å².